The molecule has 0 bridgehead atoms. The predicted octanol–water partition coefficient (Wildman–Crippen LogP) is -1.57. The van der Waals surface area contributed by atoms with E-state index in [0.717, 1.165) is 63.7 Å². The first kappa shape index (κ1) is 16.4. The zero-order chi connectivity index (χ0) is 15.6. The lowest BCUT2D eigenvalue weighted by molar-refractivity contribution is -0.925. The van der Waals surface area contributed by atoms with Crippen molar-refractivity contribution in [1.29, 1.82) is 0 Å². The molecule has 3 fully saturated rings. The quantitative estimate of drug-likeness (QED) is 0.601. The minimum Gasteiger partial charge on any atom is -0.376 e. The molecule has 0 aliphatic carbocycles. The van der Waals surface area contributed by atoms with Gasteiger partial charge in [0, 0.05) is 19.6 Å². The van der Waals surface area contributed by atoms with Crippen molar-refractivity contribution in [3.05, 3.63) is 0 Å². The molecule has 126 valence electrons. The Balaban J connectivity index is 1.40. The Morgan fingerprint density at radius 2 is 2.09 bits per heavy atom. The summed E-state index contributed by atoms with van der Waals surface area (Å²) in [4.78, 5) is 3.64. The Bertz CT molecular complexity index is 497. The van der Waals surface area contributed by atoms with Crippen LogP contribution in [0.1, 0.15) is 19.3 Å². The van der Waals surface area contributed by atoms with Gasteiger partial charge in [0.05, 0.1) is 38.0 Å². The minimum atomic E-state index is -2.78. The summed E-state index contributed by atoms with van der Waals surface area (Å²) >= 11 is 5.47. The number of quaternary nitrogens is 1. The fourth-order valence-corrected chi connectivity index (χ4v) is 5.73. The van der Waals surface area contributed by atoms with E-state index in [1.165, 1.54) is 4.90 Å². The maximum absolute atomic E-state index is 11.6. The lowest BCUT2D eigenvalue weighted by Crippen LogP contribution is -3.18. The van der Waals surface area contributed by atoms with E-state index >= 15 is 0 Å². The fraction of sp³-hybridized carbons (Fsp3) is 0.929. The van der Waals surface area contributed by atoms with Crippen LogP contribution in [0.25, 0.3) is 0 Å². The average molecular weight is 349 g/mol. The number of nitrogens with one attached hydrogen (secondary N) is 2. The molecule has 0 saturated carbocycles. The summed E-state index contributed by atoms with van der Waals surface area (Å²) in [7, 11) is -2.78. The van der Waals surface area contributed by atoms with Crippen LogP contribution in [0.4, 0.5) is 0 Å². The highest BCUT2D eigenvalue weighted by Gasteiger charge is 2.37. The molecule has 0 aromatic rings. The van der Waals surface area contributed by atoms with Crippen LogP contribution >= 0.6 is 12.2 Å². The van der Waals surface area contributed by atoms with Crippen molar-refractivity contribution in [2.75, 3.05) is 50.8 Å². The van der Waals surface area contributed by atoms with E-state index < -0.39 is 9.84 Å². The van der Waals surface area contributed by atoms with Crippen LogP contribution in [-0.2, 0) is 14.6 Å². The predicted molar refractivity (Wildman–Crippen MR) is 88.9 cm³/mol. The van der Waals surface area contributed by atoms with Gasteiger partial charge in [0.15, 0.2) is 14.9 Å². The van der Waals surface area contributed by atoms with Gasteiger partial charge in [-0.15, -0.1) is 0 Å². The smallest absolute Gasteiger partial charge is 0.169 e. The molecular weight excluding hydrogens is 322 g/mol. The molecule has 3 rings (SSSR count). The number of thiocarbonyl (C=S) groups is 1. The highest BCUT2D eigenvalue weighted by Crippen LogP contribution is 2.11. The highest BCUT2D eigenvalue weighted by atomic mass is 32.2. The zero-order valence-corrected chi connectivity index (χ0v) is 14.6. The summed E-state index contributed by atoms with van der Waals surface area (Å²) in [5.74, 6) is 0.732. The molecule has 0 radical (unpaired) electrons. The van der Waals surface area contributed by atoms with Gasteiger partial charge >= 0.3 is 0 Å². The monoisotopic (exact) mass is 348 g/mol. The summed E-state index contributed by atoms with van der Waals surface area (Å²) < 4.78 is 28.8. The first-order valence-electron chi connectivity index (χ1n) is 8.23. The van der Waals surface area contributed by atoms with Gasteiger partial charge < -0.3 is 19.9 Å². The Morgan fingerprint density at radius 1 is 1.32 bits per heavy atom. The van der Waals surface area contributed by atoms with E-state index in [0.29, 0.717) is 23.7 Å². The Morgan fingerprint density at radius 3 is 2.68 bits per heavy atom. The number of hydrogen-bond acceptors (Lipinski definition) is 4. The molecule has 8 heteroatoms. The van der Waals surface area contributed by atoms with Crippen LogP contribution < -0.4 is 10.2 Å². The van der Waals surface area contributed by atoms with Crippen LogP contribution in [0.5, 0.6) is 0 Å². The van der Waals surface area contributed by atoms with Crippen LogP contribution in [0.15, 0.2) is 0 Å². The van der Waals surface area contributed by atoms with Crippen molar-refractivity contribution in [2.24, 2.45) is 0 Å². The molecule has 22 heavy (non-hydrogen) atoms. The maximum Gasteiger partial charge on any atom is 0.169 e. The SMILES string of the molecule is O=S1(=O)CC[C@H]([NH+]2CCN(C(=S)NC[C@H]3CCCO3)CC2)C1. The number of ether oxygens (including phenoxy) is 1. The van der Waals surface area contributed by atoms with Crippen molar-refractivity contribution in [2.45, 2.75) is 31.4 Å². The molecule has 2 N–H and O–H groups in total. The molecule has 2 atom stereocenters. The number of piperazine rings is 1. The third kappa shape index (κ3) is 4.10. The Hall–Kier alpha value is -0.440. The molecule has 0 aromatic heterocycles. The second-order valence-corrected chi connectivity index (χ2v) is 9.18. The van der Waals surface area contributed by atoms with Crippen LogP contribution in [0, 0.1) is 0 Å². The van der Waals surface area contributed by atoms with Crippen LogP contribution in [-0.4, -0.2) is 81.4 Å². The average Bonchev–Trinajstić information content (AvgIpc) is 3.14. The Kier molecular flexibility index (Phi) is 5.21. The van der Waals surface area contributed by atoms with Crippen LogP contribution in [0.3, 0.4) is 0 Å². The van der Waals surface area contributed by atoms with E-state index in [2.05, 4.69) is 10.2 Å². The van der Waals surface area contributed by atoms with Gasteiger partial charge in [-0.1, -0.05) is 0 Å². The first-order valence-corrected chi connectivity index (χ1v) is 10.5. The lowest BCUT2D eigenvalue weighted by Gasteiger charge is -2.36. The standard InChI is InChI=1S/C14H25N3O3S2/c18-22(19)9-3-12(11-22)16-4-6-17(7-5-16)14(21)15-10-13-2-1-8-20-13/h12-13H,1-11H2,(H,15,21)/p+1/t12-,13+/m0/s1. The normalized spacial score (nSPS) is 32.3. The van der Waals surface area contributed by atoms with Gasteiger partial charge in [-0.2, -0.15) is 0 Å². The van der Waals surface area contributed by atoms with E-state index in [1.54, 1.807) is 0 Å². The van der Waals surface area contributed by atoms with Gasteiger partial charge in [-0.25, -0.2) is 8.42 Å². The largest absolute Gasteiger partial charge is 0.376 e. The topological polar surface area (TPSA) is 63.1 Å². The summed E-state index contributed by atoms with van der Waals surface area (Å²) in [5, 5.41) is 4.13. The summed E-state index contributed by atoms with van der Waals surface area (Å²) in [6.07, 6.45) is 3.38. The van der Waals surface area contributed by atoms with Crippen molar-refractivity contribution in [3.8, 4) is 0 Å². The number of hydrogen-bond donors (Lipinski definition) is 2. The van der Waals surface area contributed by atoms with Crippen molar-refractivity contribution in [3.63, 3.8) is 0 Å². The summed E-state index contributed by atoms with van der Waals surface area (Å²) in [5.41, 5.74) is 0. The fourth-order valence-electron chi connectivity index (χ4n) is 3.64. The van der Waals surface area contributed by atoms with E-state index in [1.807, 2.05) is 0 Å². The second-order valence-electron chi connectivity index (χ2n) is 6.57. The van der Waals surface area contributed by atoms with Crippen molar-refractivity contribution < 1.29 is 18.1 Å². The molecule has 0 aromatic carbocycles. The van der Waals surface area contributed by atoms with Gasteiger partial charge in [-0.05, 0) is 25.1 Å². The summed E-state index contributed by atoms with van der Waals surface area (Å²) in [6, 6.07) is 0.292. The molecule has 0 spiro atoms. The number of nitrogens with zero attached hydrogens (tertiary/aromatic N) is 1. The summed E-state index contributed by atoms with van der Waals surface area (Å²) in [6.45, 7) is 5.43. The molecule has 3 aliphatic rings. The lowest BCUT2D eigenvalue weighted by atomic mass is 10.2. The molecule has 0 amide bonds. The van der Waals surface area contributed by atoms with Crippen molar-refractivity contribution >= 4 is 27.2 Å². The number of rotatable bonds is 3. The molecule has 3 aliphatic heterocycles. The van der Waals surface area contributed by atoms with Gasteiger partial charge in [0.25, 0.3) is 0 Å². The highest BCUT2D eigenvalue weighted by molar-refractivity contribution is 7.91. The van der Waals surface area contributed by atoms with E-state index in [9.17, 15) is 8.42 Å². The second kappa shape index (κ2) is 6.98. The molecule has 3 heterocycles. The van der Waals surface area contributed by atoms with Gasteiger partial charge in [-0.3, -0.25) is 0 Å². The third-order valence-corrected chi connectivity index (χ3v) is 7.18. The first-order chi connectivity index (χ1) is 10.5. The molecular formula is C14H26N3O3S2+. The van der Waals surface area contributed by atoms with E-state index in [4.69, 9.17) is 17.0 Å². The van der Waals surface area contributed by atoms with Gasteiger partial charge in [0.2, 0.25) is 0 Å². The number of sulfone groups is 1. The maximum atomic E-state index is 11.6. The third-order valence-electron chi connectivity index (χ3n) is 5.01. The van der Waals surface area contributed by atoms with Crippen molar-refractivity contribution in [1.82, 2.24) is 10.2 Å². The van der Waals surface area contributed by atoms with Gasteiger partial charge in [0.1, 0.15) is 11.8 Å². The van der Waals surface area contributed by atoms with E-state index in [-0.39, 0.29) is 0 Å². The molecule has 3 saturated heterocycles. The van der Waals surface area contributed by atoms with Crippen LogP contribution in [0.2, 0.25) is 0 Å². The molecule has 6 nitrogen and oxygen atoms in total. The minimum absolute atomic E-state index is 0.292. The zero-order valence-electron chi connectivity index (χ0n) is 12.9. The molecule has 0 unspecified atom stereocenters. The Labute approximate surface area is 138 Å².